The molecule has 0 radical (unpaired) electrons. The summed E-state index contributed by atoms with van der Waals surface area (Å²) in [5, 5.41) is 11.4. The molecular formula is C31H36O6. The second kappa shape index (κ2) is 14.2. The molecule has 196 valence electrons. The average molecular weight is 505 g/mol. The summed E-state index contributed by atoms with van der Waals surface area (Å²) in [6, 6.07) is 29.6. The molecule has 0 bridgehead atoms. The molecule has 0 spiro atoms. The quantitative estimate of drug-likeness (QED) is 0.329. The van der Waals surface area contributed by atoms with Gasteiger partial charge in [0.2, 0.25) is 0 Å². The van der Waals surface area contributed by atoms with E-state index in [1.807, 2.05) is 97.9 Å². The number of benzene rings is 3. The smallest absolute Gasteiger partial charge is 0.187 e. The molecule has 6 atom stereocenters. The van der Waals surface area contributed by atoms with Gasteiger partial charge in [0.05, 0.1) is 32.5 Å². The second-order valence-electron chi connectivity index (χ2n) is 9.13. The summed E-state index contributed by atoms with van der Waals surface area (Å²) in [5.41, 5.74) is 3.04. The van der Waals surface area contributed by atoms with Gasteiger partial charge in [-0.25, -0.2) is 0 Å². The van der Waals surface area contributed by atoms with Crippen LogP contribution < -0.4 is 0 Å². The Kier molecular flexibility index (Phi) is 10.4. The molecule has 1 unspecified atom stereocenters. The predicted molar refractivity (Wildman–Crippen MR) is 142 cm³/mol. The molecule has 3 aromatic carbocycles. The Bertz CT molecular complexity index is 1050. The Labute approximate surface area is 219 Å². The molecule has 0 saturated carbocycles. The first-order chi connectivity index (χ1) is 18.1. The monoisotopic (exact) mass is 504 g/mol. The maximum absolute atomic E-state index is 11.4. The van der Waals surface area contributed by atoms with E-state index in [1.165, 1.54) is 0 Å². The maximum Gasteiger partial charge on any atom is 0.187 e. The van der Waals surface area contributed by atoms with Crippen molar-refractivity contribution in [3.8, 4) is 0 Å². The van der Waals surface area contributed by atoms with Crippen molar-refractivity contribution in [3.05, 3.63) is 120 Å². The molecule has 4 rings (SSSR count). The lowest BCUT2D eigenvalue weighted by Crippen LogP contribution is -2.61. The number of ether oxygens (including phenoxy) is 5. The van der Waals surface area contributed by atoms with Crippen LogP contribution in [0.3, 0.4) is 0 Å². The van der Waals surface area contributed by atoms with E-state index in [0.29, 0.717) is 19.8 Å². The van der Waals surface area contributed by atoms with Gasteiger partial charge in [0.1, 0.15) is 24.4 Å². The van der Waals surface area contributed by atoms with Gasteiger partial charge >= 0.3 is 0 Å². The molecule has 6 heteroatoms. The molecule has 1 fully saturated rings. The van der Waals surface area contributed by atoms with Gasteiger partial charge in [0.25, 0.3) is 0 Å². The van der Waals surface area contributed by atoms with Crippen molar-refractivity contribution in [2.45, 2.75) is 63.6 Å². The highest BCUT2D eigenvalue weighted by Gasteiger charge is 2.48. The van der Waals surface area contributed by atoms with Crippen molar-refractivity contribution in [2.24, 2.45) is 0 Å². The molecule has 0 aromatic heterocycles. The second-order valence-corrected chi connectivity index (χ2v) is 9.13. The summed E-state index contributed by atoms with van der Waals surface area (Å²) in [4.78, 5) is 0. The predicted octanol–water partition coefficient (Wildman–Crippen LogP) is 5.05. The third kappa shape index (κ3) is 8.07. The van der Waals surface area contributed by atoms with Crippen LogP contribution in [0, 0.1) is 0 Å². The molecule has 1 aliphatic heterocycles. The Hall–Kier alpha value is -2.84. The van der Waals surface area contributed by atoms with Crippen LogP contribution in [0.4, 0.5) is 0 Å². The van der Waals surface area contributed by atoms with Gasteiger partial charge in [0.15, 0.2) is 6.29 Å². The van der Waals surface area contributed by atoms with Gasteiger partial charge in [0, 0.05) is 0 Å². The van der Waals surface area contributed by atoms with Crippen LogP contribution in [-0.2, 0) is 43.5 Å². The summed E-state index contributed by atoms with van der Waals surface area (Å²) < 4.78 is 30.9. The largest absolute Gasteiger partial charge is 0.387 e. The first kappa shape index (κ1) is 27.2. The third-order valence-corrected chi connectivity index (χ3v) is 6.26. The summed E-state index contributed by atoms with van der Waals surface area (Å²) in [6.07, 6.45) is -2.41. The summed E-state index contributed by atoms with van der Waals surface area (Å²) in [7, 11) is 0. The number of hydrogen-bond donors (Lipinski definition) is 1. The Morgan fingerprint density at radius 2 is 1.27 bits per heavy atom. The van der Waals surface area contributed by atoms with Gasteiger partial charge in [-0.15, -0.1) is 6.58 Å². The standard InChI is InChI=1S/C31H36O6/c1-3-23(2)36-31-30(35-21-26-17-11-6-12-18-26)29(34-20-25-15-9-5-10-16-25)28(32)27(37-31)22-33-19-24-13-7-4-8-14-24/h3-18,23,27-32H,1,19-22H2,2H3/t23?,27-,28-,29+,30-,31-/m1/s1. The first-order valence-electron chi connectivity index (χ1n) is 12.7. The van der Waals surface area contributed by atoms with Crippen molar-refractivity contribution < 1.29 is 28.8 Å². The van der Waals surface area contributed by atoms with E-state index in [2.05, 4.69) is 6.58 Å². The van der Waals surface area contributed by atoms with Crippen molar-refractivity contribution in [2.75, 3.05) is 6.61 Å². The van der Waals surface area contributed by atoms with Gasteiger partial charge in [-0.3, -0.25) is 0 Å². The third-order valence-electron chi connectivity index (χ3n) is 6.26. The van der Waals surface area contributed by atoms with E-state index in [-0.39, 0.29) is 12.7 Å². The lowest BCUT2D eigenvalue weighted by Gasteiger charge is -2.44. The van der Waals surface area contributed by atoms with Crippen LogP contribution >= 0.6 is 0 Å². The molecular weight excluding hydrogens is 468 g/mol. The van der Waals surface area contributed by atoms with E-state index in [9.17, 15) is 5.11 Å². The minimum Gasteiger partial charge on any atom is -0.387 e. The SMILES string of the molecule is C=CC(C)O[C@@H]1O[C@H](COCc2ccccc2)[C@@H](O)[C@H](OCc2ccccc2)[C@H]1OCc1ccccc1. The van der Waals surface area contributed by atoms with Crippen LogP contribution in [0.15, 0.2) is 104 Å². The molecule has 0 amide bonds. The Morgan fingerprint density at radius 3 is 1.78 bits per heavy atom. The fraction of sp³-hybridized carbons (Fsp3) is 0.355. The number of hydrogen-bond acceptors (Lipinski definition) is 6. The number of rotatable bonds is 13. The van der Waals surface area contributed by atoms with Crippen LogP contribution in [0.5, 0.6) is 0 Å². The van der Waals surface area contributed by atoms with Crippen LogP contribution in [-0.4, -0.2) is 48.5 Å². The van der Waals surface area contributed by atoms with Crippen molar-refractivity contribution in [1.29, 1.82) is 0 Å². The number of aliphatic hydroxyl groups is 1. The summed E-state index contributed by atoms with van der Waals surface area (Å²) >= 11 is 0. The topological polar surface area (TPSA) is 66.4 Å². The lowest BCUT2D eigenvalue weighted by atomic mass is 9.98. The minimum atomic E-state index is -0.987. The van der Waals surface area contributed by atoms with Gasteiger partial charge in [-0.1, -0.05) is 97.1 Å². The average Bonchev–Trinajstić information content (AvgIpc) is 2.94. The lowest BCUT2D eigenvalue weighted by molar-refractivity contribution is -0.325. The van der Waals surface area contributed by atoms with Crippen LogP contribution in [0.1, 0.15) is 23.6 Å². The Balaban J connectivity index is 1.51. The van der Waals surface area contributed by atoms with E-state index in [4.69, 9.17) is 23.7 Å². The van der Waals surface area contributed by atoms with Crippen molar-refractivity contribution >= 4 is 0 Å². The van der Waals surface area contributed by atoms with Gasteiger partial charge in [-0.2, -0.15) is 0 Å². The molecule has 37 heavy (non-hydrogen) atoms. The summed E-state index contributed by atoms with van der Waals surface area (Å²) in [5.74, 6) is 0. The van der Waals surface area contributed by atoms with Crippen LogP contribution in [0.2, 0.25) is 0 Å². The molecule has 3 aromatic rings. The van der Waals surface area contributed by atoms with E-state index in [1.54, 1.807) is 6.08 Å². The molecule has 0 aliphatic carbocycles. The zero-order chi connectivity index (χ0) is 25.9. The van der Waals surface area contributed by atoms with Crippen LogP contribution in [0.25, 0.3) is 0 Å². The highest BCUT2D eigenvalue weighted by Crippen LogP contribution is 2.29. The highest BCUT2D eigenvalue weighted by molar-refractivity contribution is 5.15. The minimum absolute atomic E-state index is 0.176. The fourth-order valence-corrected chi connectivity index (χ4v) is 4.17. The van der Waals surface area contributed by atoms with E-state index >= 15 is 0 Å². The van der Waals surface area contributed by atoms with Crippen molar-refractivity contribution in [1.82, 2.24) is 0 Å². The highest BCUT2D eigenvalue weighted by atomic mass is 16.7. The van der Waals surface area contributed by atoms with E-state index in [0.717, 1.165) is 16.7 Å². The summed E-state index contributed by atoms with van der Waals surface area (Å²) in [6.45, 7) is 6.94. The molecule has 1 N–H and O–H groups in total. The molecule has 1 aliphatic rings. The maximum atomic E-state index is 11.4. The number of aliphatic hydroxyl groups excluding tert-OH is 1. The molecule has 1 heterocycles. The molecule has 6 nitrogen and oxygen atoms in total. The van der Waals surface area contributed by atoms with Gasteiger partial charge < -0.3 is 28.8 Å². The van der Waals surface area contributed by atoms with Crippen molar-refractivity contribution in [3.63, 3.8) is 0 Å². The normalized spacial score (nSPS) is 24.4. The zero-order valence-corrected chi connectivity index (χ0v) is 21.2. The van der Waals surface area contributed by atoms with E-state index < -0.39 is 30.7 Å². The molecule has 1 saturated heterocycles. The zero-order valence-electron chi connectivity index (χ0n) is 21.2. The first-order valence-corrected chi connectivity index (χ1v) is 12.7. The fourth-order valence-electron chi connectivity index (χ4n) is 4.17. The Morgan fingerprint density at radius 1 is 0.784 bits per heavy atom. The van der Waals surface area contributed by atoms with Gasteiger partial charge in [-0.05, 0) is 23.6 Å².